The Kier molecular flexibility index (Phi) is 5.98. The summed E-state index contributed by atoms with van der Waals surface area (Å²) in [5.74, 6) is -0.818. The van der Waals surface area contributed by atoms with E-state index in [4.69, 9.17) is 46.4 Å². The molecule has 5 nitrogen and oxygen atoms in total. The van der Waals surface area contributed by atoms with Gasteiger partial charge < -0.3 is 10.2 Å². The minimum absolute atomic E-state index is 0.000432. The second-order valence-corrected chi connectivity index (χ2v) is 9.26. The van der Waals surface area contributed by atoms with E-state index in [1.54, 1.807) is 0 Å². The highest BCUT2D eigenvalue weighted by Gasteiger charge is 2.52. The molecule has 29 heavy (non-hydrogen) atoms. The Balaban J connectivity index is 2.64. The summed E-state index contributed by atoms with van der Waals surface area (Å²) in [5.41, 5.74) is -0.463. The van der Waals surface area contributed by atoms with Gasteiger partial charge in [0.05, 0.1) is 15.1 Å². The summed E-state index contributed by atoms with van der Waals surface area (Å²) >= 11 is 24.6. The Hall–Kier alpha value is -1.67. The minimum Gasteiger partial charge on any atom is -0.508 e. The van der Waals surface area contributed by atoms with Crippen molar-refractivity contribution in [2.45, 2.75) is 4.75 Å². The third-order valence-electron chi connectivity index (χ3n) is 4.38. The van der Waals surface area contributed by atoms with E-state index in [1.807, 2.05) is 0 Å². The van der Waals surface area contributed by atoms with Crippen LogP contribution in [0.5, 0.6) is 11.5 Å². The van der Waals surface area contributed by atoms with Crippen LogP contribution >= 0.6 is 46.4 Å². The van der Waals surface area contributed by atoms with Crippen LogP contribution in [0.1, 0.15) is 16.7 Å². The minimum atomic E-state index is -5.09. The molecule has 0 heterocycles. The van der Waals surface area contributed by atoms with Gasteiger partial charge in [-0.1, -0.05) is 70.7 Å². The zero-order valence-corrected chi connectivity index (χ0v) is 18.1. The fourth-order valence-electron chi connectivity index (χ4n) is 3.19. The fraction of sp³-hybridized carbons (Fsp3) is 0.0526. The summed E-state index contributed by atoms with van der Waals surface area (Å²) in [6, 6.07) is 11.8. The highest BCUT2D eigenvalue weighted by atomic mass is 35.5. The average Bonchev–Trinajstić information content (AvgIpc) is 2.63. The molecular weight excluding hydrogens is 482 g/mol. The second kappa shape index (κ2) is 7.87. The molecule has 10 heteroatoms. The molecule has 0 bridgehead atoms. The van der Waals surface area contributed by atoms with E-state index in [0.717, 1.165) is 12.1 Å². The van der Waals surface area contributed by atoms with Crippen LogP contribution in [-0.4, -0.2) is 23.2 Å². The first kappa shape index (κ1) is 22.0. The monoisotopic (exact) mass is 492 g/mol. The van der Waals surface area contributed by atoms with Gasteiger partial charge in [0.15, 0.2) is 4.75 Å². The van der Waals surface area contributed by atoms with Gasteiger partial charge in [-0.3, -0.25) is 4.55 Å². The Morgan fingerprint density at radius 1 is 0.793 bits per heavy atom. The van der Waals surface area contributed by atoms with Crippen LogP contribution in [-0.2, 0) is 14.9 Å². The molecule has 1 unspecified atom stereocenters. The van der Waals surface area contributed by atoms with Crippen molar-refractivity contribution in [3.8, 4) is 11.5 Å². The summed E-state index contributed by atoms with van der Waals surface area (Å²) in [7, 11) is -5.09. The number of benzene rings is 3. The summed E-state index contributed by atoms with van der Waals surface area (Å²) < 4.78 is 34.0. The molecule has 0 fully saturated rings. The zero-order chi connectivity index (χ0) is 21.6. The van der Waals surface area contributed by atoms with Crippen molar-refractivity contribution in [3.05, 3.63) is 91.4 Å². The van der Waals surface area contributed by atoms with Crippen molar-refractivity contribution in [3.63, 3.8) is 0 Å². The maximum absolute atomic E-state index is 13.0. The number of halogens is 4. The van der Waals surface area contributed by atoms with Gasteiger partial charge in [-0.25, -0.2) is 0 Å². The summed E-state index contributed by atoms with van der Waals surface area (Å²) in [6.07, 6.45) is 0. The largest absolute Gasteiger partial charge is 0.508 e. The molecule has 3 rings (SSSR count). The topological polar surface area (TPSA) is 94.8 Å². The lowest BCUT2D eigenvalue weighted by atomic mass is 9.83. The number of rotatable bonds is 4. The molecule has 0 aliphatic rings. The highest BCUT2D eigenvalue weighted by Crippen LogP contribution is 2.53. The first-order valence-electron chi connectivity index (χ1n) is 7.89. The molecule has 0 aliphatic carbocycles. The Morgan fingerprint density at radius 3 is 1.97 bits per heavy atom. The van der Waals surface area contributed by atoms with E-state index in [0.29, 0.717) is 5.02 Å². The number of aromatic hydroxyl groups is 2. The smallest absolute Gasteiger partial charge is 0.283 e. The van der Waals surface area contributed by atoms with Gasteiger partial charge in [-0.05, 0) is 35.4 Å². The van der Waals surface area contributed by atoms with Gasteiger partial charge in [0.2, 0.25) is 0 Å². The maximum Gasteiger partial charge on any atom is 0.283 e. The first-order chi connectivity index (χ1) is 13.5. The van der Waals surface area contributed by atoms with E-state index in [2.05, 4.69) is 0 Å². The van der Waals surface area contributed by atoms with Crippen LogP contribution < -0.4 is 0 Å². The van der Waals surface area contributed by atoms with Gasteiger partial charge in [0.25, 0.3) is 10.1 Å². The zero-order valence-electron chi connectivity index (χ0n) is 14.3. The number of hydrogen-bond donors (Lipinski definition) is 3. The van der Waals surface area contributed by atoms with Gasteiger partial charge in [-0.2, -0.15) is 8.42 Å². The molecular formula is C19H12Cl4O5S. The standard InChI is InChI=1S/C19H12Cl4O5S/c20-12-6-4-10(5-7-12)19(29(26,27)28,11-2-1-3-13(24)8-11)16-17(22)14(21)9-15(25)18(16)23/h1-9,24-25H,(H,26,27,28). The number of phenols is 2. The van der Waals surface area contributed by atoms with E-state index in [9.17, 15) is 23.2 Å². The lowest BCUT2D eigenvalue weighted by molar-refractivity contribution is 0.455. The molecule has 1 atom stereocenters. The van der Waals surface area contributed by atoms with Gasteiger partial charge in [0.1, 0.15) is 11.5 Å². The normalized spacial score (nSPS) is 13.8. The molecule has 0 saturated heterocycles. The third kappa shape index (κ3) is 3.65. The van der Waals surface area contributed by atoms with Crippen LogP contribution in [0.3, 0.4) is 0 Å². The van der Waals surface area contributed by atoms with Gasteiger partial charge in [-0.15, -0.1) is 0 Å². The molecule has 0 spiro atoms. The van der Waals surface area contributed by atoms with E-state index in [1.165, 1.54) is 42.5 Å². The molecule has 152 valence electrons. The fourth-order valence-corrected chi connectivity index (χ4v) is 5.58. The first-order valence-corrected chi connectivity index (χ1v) is 10.8. The Morgan fingerprint density at radius 2 is 1.41 bits per heavy atom. The quantitative estimate of drug-likeness (QED) is 0.239. The third-order valence-corrected chi connectivity index (χ3v) is 7.25. The summed E-state index contributed by atoms with van der Waals surface area (Å²) in [6.45, 7) is 0. The van der Waals surface area contributed by atoms with Crippen molar-refractivity contribution in [2.75, 3.05) is 0 Å². The highest BCUT2D eigenvalue weighted by molar-refractivity contribution is 7.87. The Labute approximate surface area is 186 Å². The van der Waals surface area contributed by atoms with Crippen LogP contribution in [0.25, 0.3) is 0 Å². The molecule has 0 amide bonds. The van der Waals surface area contributed by atoms with Crippen LogP contribution in [0.2, 0.25) is 20.1 Å². The molecule has 0 saturated carbocycles. The SMILES string of the molecule is O=S(=O)(O)C(c1ccc(Cl)cc1)(c1cccc(O)c1)c1c(Cl)c(O)cc(Cl)c1Cl. The molecule has 3 aromatic carbocycles. The maximum atomic E-state index is 13.0. The van der Waals surface area contributed by atoms with E-state index >= 15 is 0 Å². The van der Waals surface area contributed by atoms with Crippen molar-refractivity contribution in [1.29, 1.82) is 0 Å². The van der Waals surface area contributed by atoms with E-state index in [-0.39, 0.29) is 32.5 Å². The summed E-state index contributed by atoms with van der Waals surface area (Å²) in [4.78, 5) is 0. The average molecular weight is 494 g/mol. The second-order valence-electron chi connectivity index (χ2n) is 6.09. The lowest BCUT2D eigenvalue weighted by Gasteiger charge is -2.34. The van der Waals surface area contributed by atoms with Gasteiger partial charge in [0, 0.05) is 16.7 Å². The van der Waals surface area contributed by atoms with Crippen molar-refractivity contribution < 1.29 is 23.2 Å². The van der Waals surface area contributed by atoms with Gasteiger partial charge >= 0.3 is 0 Å². The van der Waals surface area contributed by atoms with Crippen molar-refractivity contribution in [1.82, 2.24) is 0 Å². The number of hydrogen-bond acceptors (Lipinski definition) is 4. The molecule has 0 aliphatic heterocycles. The van der Waals surface area contributed by atoms with Crippen molar-refractivity contribution in [2.24, 2.45) is 0 Å². The lowest BCUT2D eigenvalue weighted by Crippen LogP contribution is -2.39. The van der Waals surface area contributed by atoms with Crippen LogP contribution in [0.15, 0.2) is 54.6 Å². The van der Waals surface area contributed by atoms with Crippen LogP contribution in [0.4, 0.5) is 0 Å². The molecule has 3 aromatic rings. The summed E-state index contributed by atoms with van der Waals surface area (Å²) in [5, 5.41) is 19.6. The van der Waals surface area contributed by atoms with Crippen LogP contribution in [0, 0.1) is 0 Å². The molecule has 0 radical (unpaired) electrons. The Bertz CT molecular complexity index is 1170. The predicted molar refractivity (Wildman–Crippen MR) is 114 cm³/mol. The van der Waals surface area contributed by atoms with E-state index < -0.39 is 25.6 Å². The predicted octanol–water partition coefficient (Wildman–Crippen LogP) is 5.89. The molecule has 3 N–H and O–H groups in total. The van der Waals surface area contributed by atoms with Crippen molar-refractivity contribution >= 4 is 56.5 Å². The number of phenolic OH excluding ortho intramolecular Hbond substituents is 2. The molecule has 0 aromatic heterocycles.